The fraction of sp³-hybridized carbons (Fsp3) is 0.769. The van der Waals surface area contributed by atoms with E-state index < -0.39 is 0 Å². The molecule has 0 spiro atoms. The molecule has 1 atom stereocenters. The third-order valence-electron chi connectivity index (χ3n) is 3.31. The van der Waals surface area contributed by atoms with E-state index in [0.717, 1.165) is 30.5 Å². The summed E-state index contributed by atoms with van der Waals surface area (Å²) in [5.41, 5.74) is 0. The topological polar surface area (TPSA) is 71.8 Å². The lowest BCUT2D eigenvalue weighted by molar-refractivity contribution is -0.119. The Morgan fingerprint density at radius 3 is 3.00 bits per heavy atom. The molecule has 6 nitrogen and oxygen atoms in total. The van der Waals surface area contributed by atoms with E-state index in [-0.39, 0.29) is 11.9 Å². The molecule has 2 N–H and O–H groups in total. The maximum absolute atomic E-state index is 11.6. The zero-order valence-electron chi connectivity index (χ0n) is 12.3. The second kappa shape index (κ2) is 7.08. The molecule has 2 heterocycles. The van der Waals surface area contributed by atoms with Crippen LogP contribution < -0.4 is 10.6 Å². The molecular weight excluding hydrogens is 274 g/mol. The summed E-state index contributed by atoms with van der Waals surface area (Å²) in [6.45, 7) is 5.97. The van der Waals surface area contributed by atoms with Gasteiger partial charge in [-0.15, -0.1) is 10.2 Å². The van der Waals surface area contributed by atoms with Gasteiger partial charge in [-0.2, -0.15) is 0 Å². The van der Waals surface area contributed by atoms with E-state index in [9.17, 15) is 4.79 Å². The number of piperidine rings is 1. The Kier molecular flexibility index (Phi) is 5.42. The molecule has 1 aromatic heterocycles. The molecule has 0 unspecified atom stereocenters. The van der Waals surface area contributed by atoms with E-state index >= 15 is 0 Å². The largest absolute Gasteiger partial charge is 0.353 e. The highest BCUT2D eigenvalue weighted by Gasteiger charge is 2.21. The number of rotatable bonds is 5. The van der Waals surface area contributed by atoms with Crippen LogP contribution in [-0.4, -0.2) is 45.6 Å². The molecule has 1 saturated heterocycles. The van der Waals surface area contributed by atoms with Gasteiger partial charge in [-0.25, -0.2) is 0 Å². The van der Waals surface area contributed by atoms with Gasteiger partial charge in [-0.1, -0.05) is 11.8 Å². The summed E-state index contributed by atoms with van der Waals surface area (Å²) in [6.07, 6.45) is 2.33. The highest BCUT2D eigenvalue weighted by atomic mass is 32.2. The Morgan fingerprint density at radius 1 is 1.55 bits per heavy atom. The van der Waals surface area contributed by atoms with Crippen LogP contribution in [0.5, 0.6) is 0 Å². The SMILES string of the molecule is CC(C)NC(=O)CSc1nnc([C@H]2CCCNC2)n1C. The summed E-state index contributed by atoms with van der Waals surface area (Å²) in [5.74, 6) is 1.87. The Balaban J connectivity index is 1.93. The number of hydrogen-bond acceptors (Lipinski definition) is 5. The summed E-state index contributed by atoms with van der Waals surface area (Å²) in [7, 11) is 1.98. The zero-order valence-corrected chi connectivity index (χ0v) is 13.2. The normalized spacial score (nSPS) is 19.3. The third-order valence-corrected chi connectivity index (χ3v) is 4.33. The number of nitrogens with zero attached hydrogens (tertiary/aromatic N) is 3. The smallest absolute Gasteiger partial charge is 0.230 e. The van der Waals surface area contributed by atoms with Gasteiger partial charge in [0.1, 0.15) is 5.82 Å². The first-order chi connectivity index (χ1) is 9.58. The van der Waals surface area contributed by atoms with Crippen LogP contribution in [0.2, 0.25) is 0 Å². The lowest BCUT2D eigenvalue weighted by Gasteiger charge is -2.21. The van der Waals surface area contributed by atoms with Gasteiger partial charge >= 0.3 is 0 Å². The lowest BCUT2D eigenvalue weighted by Crippen LogP contribution is -2.31. The standard InChI is InChI=1S/C13H23N5OS/c1-9(2)15-11(19)8-20-13-17-16-12(18(13)3)10-5-4-6-14-7-10/h9-10,14H,4-8H2,1-3H3,(H,15,19)/t10-/m0/s1. The van der Waals surface area contributed by atoms with E-state index in [2.05, 4.69) is 20.8 Å². The van der Waals surface area contributed by atoms with Gasteiger partial charge in [-0.05, 0) is 33.2 Å². The van der Waals surface area contributed by atoms with Crippen molar-refractivity contribution in [2.45, 2.75) is 43.8 Å². The molecule has 1 aliphatic heterocycles. The molecule has 0 saturated carbocycles. The fourth-order valence-electron chi connectivity index (χ4n) is 2.37. The van der Waals surface area contributed by atoms with Crippen molar-refractivity contribution in [2.24, 2.45) is 7.05 Å². The predicted molar refractivity (Wildman–Crippen MR) is 79.9 cm³/mol. The molecule has 0 radical (unpaired) electrons. The van der Waals surface area contributed by atoms with Crippen molar-refractivity contribution in [3.63, 3.8) is 0 Å². The summed E-state index contributed by atoms with van der Waals surface area (Å²) in [6, 6.07) is 0.173. The number of thioether (sulfide) groups is 1. The minimum absolute atomic E-state index is 0.0360. The third kappa shape index (κ3) is 3.96. The quantitative estimate of drug-likeness (QED) is 0.790. The fourth-order valence-corrected chi connectivity index (χ4v) is 3.10. The van der Waals surface area contributed by atoms with Crippen molar-refractivity contribution in [1.29, 1.82) is 0 Å². The molecule has 20 heavy (non-hydrogen) atoms. The summed E-state index contributed by atoms with van der Waals surface area (Å²) in [4.78, 5) is 11.6. The number of nitrogens with one attached hydrogen (secondary N) is 2. The van der Waals surface area contributed by atoms with Crippen molar-refractivity contribution in [2.75, 3.05) is 18.8 Å². The van der Waals surface area contributed by atoms with Crippen molar-refractivity contribution >= 4 is 17.7 Å². The van der Waals surface area contributed by atoms with E-state index in [1.165, 1.54) is 18.2 Å². The molecule has 7 heteroatoms. The maximum atomic E-state index is 11.6. The number of aromatic nitrogens is 3. The van der Waals surface area contributed by atoms with Gasteiger partial charge in [0.15, 0.2) is 5.16 Å². The Bertz CT molecular complexity index is 454. The first-order valence-electron chi connectivity index (χ1n) is 7.10. The van der Waals surface area contributed by atoms with Crippen molar-refractivity contribution in [1.82, 2.24) is 25.4 Å². The van der Waals surface area contributed by atoms with Gasteiger partial charge in [0.25, 0.3) is 0 Å². The molecule has 0 aliphatic carbocycles. The average molecular weight is 297 g/mol. The van der Waals surface area contributed by atoms with E-state index in [0.29, 0.717) is 11.7 Å². The molecular formula is C13H23N5OS. The molecule has 1 amide bonds. The Morgan fingerprint density at radius 2 is 2.35 bits per heavy atom. The molecule has 1 aliphatic rings. The van der Waals surface area contributed by atoms with Crippen LogP contribution in [0.1, 0.15) is 38.4 Å². The van der Waals surface area contributed by atoms with Crippen LogP contribution in [-0.2, 0) is 11.8 Å². The number of hydrogen-bond donors (Lipinski definition) is 2. The lowest BCUT2D eigenvalue weighted by atomic mass is 9.99. The van der Waals surface area contributed by atoms with Crippen molar-refractivity contribution < 1.29 is 4.79 Å². The van der Waals surface area contributed by atoms with Gasteiger partial charge in [0.05, 0.1) is 5.75 Å². The minimum Gasteiger partial charge on any atom is -0.353 e. The maximum Gasteiger partial charge on any atom is 0.230 e. The van der Waals surface area contributed by atoms with Crippen LogP contribution in [0.3, 0.4) is 0 Å². The molecule has 1 fully saturated rings. The van der Waals surface area contributed by atoms with Crippen LogP contribution >= 0.6 is 11.8 Å². The first kappa shape index (κ1) is 15.3. The zero-order chi connectivity index (χ0) is 14.5. The van der Waals surface area contributed by atoms with Crippen molar-refractivity contribution in [3.05, 3.63) is 5.82 Å². The van der Waals surface area contributed by atoms with Gasteiger partial charge in [-0.3, -0.25) is 4.79 Å². The van der Waals surface area contributed by atoms with Crippen LogP contribution in [0.4, 0.5) is 0 Å². The monoisotopic (exact) mass is 297 g/mol. The van der Waals surface area contributed by atoms with Gasteiger partial charge < -0.3 is 15.2 Å². The minimum atomic E-state index is 0.0360. The second-order valence-electron chi connectivity index (χ2n) is 5.45. The summed E-state index contributed by atoms with van der Waals surface area (Å²) < 4.78 is 2.02. The first-order valence-corrected chi connectivity index (χ1v) is 8.08. The van der Waals surface area contributed by atoms with Gasteiger partial charge in [0, 0.05) is 25.6 Å². The number of carbonyl (C=O) groups excluding carboxylic acids is 1. The van der Waals surface area contributed by atoms with E-state index in [1.807, 2.05) is 25.5 Å². The molecule has 0 bridgehead atoms. The molecule has 1 aromatic rings. The average Bonchev–Trinajstić information content (AvgIpc) is 2.78. The molecule has 112 valence electrons. The van der Waals surface area contributed by atoms with Crippen LogP contribution in [0.25, 0.3) is 0 Å². The summed E-state index contributed by atoms with van der Waals surface area (Å²) >= 11 is 1.44. The van der Waals surface area contributed by atoms with Crippen LogP contribution in [0, 0.1) is 0 Å². The van der Waals surface area contributed by atoms with Crippen LogP contribution in [0.15, 0.2) is 5.16 Å². The number of amides is 1. The predicted octanol–water partition coefficient (Wildman–Crippen LogP) is 0.899. The second-order valence-corrected chi connectivity index (χ2v) is 6.40. The molecule has 2 rings (SSSR count). The highest BCUT2D eigenvalue weighted by Crippen LogP contribution is 2.24. The Hall–Kier alpha value is -1.08. The van der Waals surface area contributed by atoms with Crippen molar-refractivity contribution in [3.8, 4) is 0 Å². The van der Waals surface area contributed by atoms with E-state index in [4.69, 9.17) is 0 Å². The summed E-state index contributed by atoms with van der Waals surface area (Å²) in [5, 5.41) is 15.6. The molecule has 0 aromatic carbocycles. The Labute approximate surface area is 124 Å². The van der Waals surface area contributed by atoms with Gasteiger partial charge in [0.2, 0.25) is 5.91 Å². The number of carbonyl (C=O) groups is 1. The highest BCUT2D eigenvalue weighted by molar-refractivity contribution is 7.99. The van der Waals surface area contributed by atoms with E-state index in [1.54, 1.807) is 0 Å².